The molecule has 1 amide bonds. The molecule has 0 saturated carbocycles. The Morgan fingerprint density at radius 3 is 2.96 bits per heavy atom. The van der Waals surface area contributed by atoms with Crippen molar-refractivity contribution in [1.82, 2.24) is 9.97 Å². The first kappa shape index (κ1) is 17.7. The molecule has 8 heteroatoms. The SMILES string of the molecule is CCOc1ncccc1C(=O)Nc1nc(-c2cc(Cl)ccc2Cl)cs1. The maximum absolute atomic E-state index is 12.5. The van der Waals surface area contributed by atoms with Gasteiger partial charge >= 0.3 is 0 Å². The highest BCUT2D eigenvalue weighted by atomic mass is 35.5. The second-order valence-corrected chi connectivity index (χ2v) is 6.61. The molecule has 1 N–H and O–H groups in total. The summed E-state index contributed by atoms with van der Waals surface area (Å²) in [5.74, 6) is -0.0493. The van der Waals surface area contributed by atoms with Gasteiger partial charge < -0.3 is 4.74 Å². The summed E-state index contributed by atoms with van der Waals surface area (Å²) in [5, 5.41) is 6.11. The van der Waals surface area contributed by atoms with Gasteiger partial charge in [-0.1, -0.05) is 23.2 Å². The number of rotatable bonds is 5. The Labute approximate surface area is 158 Å². The number of benzene rings is 1. The van der Waals surface area contributed by atoms with Crippen LogP contribution in [0, 0.1) is 0 Å². The van der Waals surface area contributed by atoms with Gasteiger partial charge in [-0.2, -0.15) is 0 Å². The highest BCUT2D eigenvalue weighted by Crippen LogP contribution is 2.32. The average molecular weight is 394 g/mol. The standard InChI is InChI=1S/C17H13Cl2N3O2S/c1-2-24-16-11(4-3-7-20-16)15(23)22-17-21-14(9-25-17)12-8-10(18)5-6-13(12)19/h3-9H,2H2,1H3,(H,21,22,23). The van der Waals surface area contributed by atoms with E-state index in [1.807, 2.05) is 6.92 Å². The molecule has 0 spiro atoms. The van der Waals surface area contributed by atoms with Crippen molar-refractivity contribution in [3.63, 3.8) is 0 Å². The minimum absolute atomic E-state index is 0.289. The molecule has 1 aromatic carbocycles. The van der Waals surface area contributed by atoms with Crippen molar-refractivity contribution in [1.29, 1.82) is 0 Å². The summed E-state index contributed by atoms with van der Waals surface area (Å²) >= 11 is 13.5. The minimum Gasteiger partial charge on any atom is -0.477 e. The molecule has 0 saturated heterocycles. The van der Waals surface area contributed by atoms with Crippen molar-refractivity contribution in [3.8, 4) is 17.1 Å². The van der Waals surface area contributed by atoms with E-state index in [9.17, 15) is 4.79 Å². The molecule has 3 aromatic rings. The third kappa shape index (κ3) is 4.10. The molecule has 0 radical (unpaired) electrons. The van der Waals surface area contributed by atoms with E-state index in [1.54, 1.807) is 41.9 Å². The lowest BCUT2D eigenvalue weighted by molar-refractivity contribution is 0.102. The molecule has 0 aliphatic carbocycles. The second kappa shape index (κ2) is 7.82. The average Bonchev–Trinajstić information content (AvgIpc) is 3.06. The first-order valence-corrected chi connectivity index (χ1v) is 9.02. The maximum atomic E-state index is 12.5. The fourth-order valence-electron chi connectivity index (χ4n) is 2.13. The third-order valence-electron chi connectivity index (χ3n) is 3.23. The second-order valence-electron chi connectivity index (χ2n) is 4.91. The number of nitrogens with one attached hydrogen (secondary N) is 1. The molecule has 25 heavy (non-hydrogen) atoms. The lowest BCUT2D eigenvalue weighted by Crippen LogP contribution is -2.14. The van der Waals surface area contributed by atoms with Gasteiger partial charge in [-0.15, -0.1) is 11.3 Å². The van der Waals surface area contributed by atoms with Gasteiger partial charge in [-0.05, 0) is 37.3 Å². The zero-order valence-electron chi connectivity index (χ0n) is 13.1. The van der Waals surface area contributed by atoms with Crippen molar-refractivity contribution in [2.75, 3.05) is 11.9 Å². The molecular weight excluding hydrogens is 381 g/mol. The number of carbonyl (C=O) groups excluding carboxylic acids is 1. The number of halogens is 2. The molecule has 128 valence electrons. The Bertz CT molecular complexity index is 914. The number of nitrogens with zero attached hydrogens (tertiary/aromatic N) is 2. The van der Waals surface area contributed by atoms with Gasteiger partial charge in [0, 0.05) is 22.2 Å². The summed E-state index contributed by atoms with van der Waals surface area (Å²) in [6.07, 6.45) is 1.57. The van der Waals surface area contributed by atoms with Gasteiger partial charge in [0.15, 0.2) is 5.13 Å². The van der Waals surface area contributed by atoms with E-state index in [0.29, 0.717) is 38.6 Å². The van der Waals surface area contributed by atoms with E-state index in [1.165, 1.54) is 11.3 Å². The van der Waals surface area contributed by atoms with Gasteiger partial charge in [0.2, 0.25) is 5.88 Å². The maximum Gasteiger partial charge on any atom is 0.262 e. The van der Waals surface area contributed by atoms with Crippen molar-refractivity contribution in [2.24, 2.45) is 0 Å². The number of aromatic nitrogens is 2. The summed E-state index contributed by atoms with van der Waals surface area (Å²) < 4.78 is 5.38. The highest BCUT2D eigenvalue weighted by molar-refractivity contribution is 7.14. The van der Waals surface area contributed by atoms with E-state index >= 15 is 0 Å². The predicted molar refractivity (Wildman–Crippen MR) is 101 cm³/mol. The van der Waals surface area contributed by atoms with Crippen molar-refractivity contribution < 1.29 is 9.53 Å². The lowest BCUT2D eigenvalue weighted by atomic mass is 10.2. The molecule has 0 bridgehead atoms. The first-order valence-electron chi connectivity index (χ1n) is 7.38. The molecule has 2 heterocycles. The summed E-state index contributed by atoms with van der Waals surface area (Å²) in [7, 11) is 0. The molecule has 2 aromatic heterocycles. The number of hydrogen-bond donors (Lipinski definition) is 1. The Hall–Kier alpha value is -2.15. The fraction of sp³-hybridized carbons (Fsp3) is 0.118. The number of carbonyl (C=O) groups is 1. The van der Waals surface area contributed by atoms with Gasteiger partial charge in [0.05, 0.1) is 17.3 Å². The van der Waals surface area contributed by atoms with Crippen molar-refractivity contribution in [3.05, 3.63) is 57.5 Å². The third-order valence-corrected chi connectivity index (χ3v) is 4.55. The van der Waals surface area contributed by atoms with Crippen LogP contribution < -0.4 is 10.1 Å². The monoisotopic (exact) mass is 393 g/mol. The van der Waals surface area contributed by atoms with E-state index in [0.717, 1.165) is 0 Å². The molecule has 0 aliphatic rings. The van der Waals surface area contributed by atoms with Crippen LogP contribution in [0.4, 0.5) is 5.13 Å². The predicted octanol–water partition coefficient (Wildman–Crippen LogP) is 5.16. The number of anilines is 1. The molecule has 0 atom stereocenters. The van der Waals surface area contributed by atoms with Gasteiger partial charge in [-0.3, -0.25) is 10.1 Å². The molecule has 0 aliphatic heterocycles. The zero-order chi connectivity index (χ0) is 17.8. The molecule has 0 unspecified atom stereocenters. The van der Waals surface area contributed by atoms with Gasteiger partial charge in [0.1, 0.15) is 5.56 Å². The van der Waals surface area contributed by atoms with Crippen LogP contribution in [-0.4, -0.2) is 22.5 Å². The summed E-state index contributed by atoms with van der Waals surface area (Å²) in [6, 6.07) is 8.48. The quantitative estimate of drug-likeness (QED) is 0.649. The Kier molecular flexibility index (Phi) is 5.53. The summed E-state index contributed by atoms with van der Waals surface area (Å²) in [4.78, 5) is 20.9. The Morgan fingerprint density at radius 2 is 2.16 bits per heavy atom. The van der Waals surface area contributed by atoms with E-state index in [2.05, 4.69) is 15.3 Å². The van der Waals surface area contributed by atoms with E-state index < -0.39 is 0 Å². The van der Waals surface area contributed by atoms with Gasteiger partial charge in [-0.25, -0.2) is 9.97 Å². The number of amides is 1. The van der Waals surface area contributed by atoms with Crippen LogP contribution in [0.5, 0.6) is 5.88 Å². The number of thiazole rings is 1. The van der Waals surface area contributed by atoms with Crippen LogP contribution >= 0.6 is 34.5 Å². The van der Waals surface area contributed by atoms with Crippen LogP contribution in [0.2, 0.25) is 10.0 Å². The van der Waals surface area contributed by atoms with E-state index in [4.69, 9.17) is 27.9 Å². The minimum atomic E-state index is -0.338. The number of ether oxygens (including phenoxy) is 1. The summed E-state index contributed by atoms with van der Waals surface area (Å²) in [5.41, 5.74) is 1.70. The van der Waals surface area contributed by atoms with Crippen LogP contribution in [-0.2, 0) is 0 Å². The number of hydrogen-bond acceptors (Lipinski definition) is 5. The largest absolute Gasteiger partial charge is 0.477 e. The van der Waals surface area contributed by atoms with Crippen LogP contribution in [0.15, 0.2) is 41.9 Å². The molecule has 3 rings (SSSR count). The van der Waals surface area contributed by atoms with Crippen LogP contribution in [0.3, 0.4) is 0 Å². The topological polar surface area (TPSA) is 64.1 Å². The smallest absolute Gasteiger partial charge is 0.262 e. The molecule has 0 fully saturated rings. The first-order chi connectivity index (χ1) is 12.1. The Balaban J connectivity index is 1.82. The Morgan fingerprint density at radius 1 is 1.32 bits per heavy atom. The summed E-state index contributed by atoms with van der Waals surface area (Å²) in [6.45, 7) is 2.25. The molecule has 5 nitrogen and oxygen atoms in total. The zero-order valence-corrected chi connectivity index (χ0v) is 15.5. The van der Waals surface area contributed by atoms with Crippen LogP contribution in [0.1, 0.15) is 17.3 Å². The fourth-order valence-corrected chi connectivity index (χ4v) is 3.22. The van der Waals surface area contributed by atoms with Gasteiger partial charge in [0.25, 0.3) is 5.91 Å². The lowest BCUT2D eigenvalue weighted by Gasteiger charge is -2.07. The van der Waals surface area contributed by atoms with Crippen molar-refractivity contribution >= 4 is 45.6 Å². The number of pyridine rings is 1. The van der Waals surface area contributed by atoms with Crippen LogP contribution in [0.25, 0.3) is 11.3 Å². The normalized spacial score (nSPS) is 10.5. The van der Waals surface area contributed by atoms with Crippen molar-refractivity contribution in [2.45, 2.75) is 6.92 Å². The van der Waals surface area contributed by atoms with E-state index in [-0.39, 0.29) is 11.8 Å². The molecular formula is C17H13Cl2N3O2S. The highest BCUT2D eigenvalue weighted by Gasteiger charge is 2.16.